The molecule has 2 atom stereocenters. The highest BCUT2D eigenvalue weighted by atomic mass is 79.9. The molecule has 0 unspecified atom stereocenters. The summed E-state index contributed by atoms with van der Waals surface area (Å²) in [6.07, 6.45) is 3.20. The van der Waals surface area contributed by atoms with E-state index in [-0.39, 0.29) is 17.7 Å². The van der Waals surface area contributed by atoms with Crippen LogP contribution >= 0.6 is 15.9 Å². The van der Waals surface area contributed by atoms with E-state index in [1.807, 2.05) is 36.5 Å². The van der Waals surface area contributed by atoms with Gasteiger partial charge in [-0.1, -0.05) is 70.5 Å². The number of carbonyl (C=O) groups excluding carboxylic acids is 1. The van der Waals surface area contributed by atoms with Crippen LogP contribution in [0.15, 0.2) is 95.1 Å². The Labute approximate surface area is 195 Å². The van der Waals surface area contributed by atoms with Gasteiger partial charge in [0.25, 0.3) is 0 Å². The van der Waals surface area contributed by atoms with Crippen LogP contribution in [-0.4, -0.2) is 10.8 Å². The zero-order chi connectivity index (χ0) is 21.7. The molecule has 2 aliphatic rings. The van der Waals surface area contributed by atoms with Crippen LogP contribution in [0.2, 0.25) is 0 Å². The molecule has 6 rings (SSSR count). The fourth-order valence-electron chi connectivity index (χ4n) is 5.23. The SMILES string of the molecule is O=C1C[C@H](c2ccccc2)CC2=C1[C@@H](c1ccccc1Br)Nc1ccc3ncccc3c12. The molecule has 0 saturated carbocycles. The van der Waals surface area contributed by atoms with Gasteiger partial charge in [0.15, 0.2) is 5.78 Å². The molecule has 0 bridgehead atoms. The quantitative estimate of drug-likeness (QED) is 0.333. The van der Waals surface area contributed by atoms with Crippen molar-refractivity contribution in [1.29, 1.82) is 0 Å². The molecule has 0 spiro atoms. The lowest BCUT2D eigenvalue weighted by Crippen LogP contribution is -2.29. The van der Waals surface area contributed by atoms with E-state index in [1.54, 1.807) is 0 Å². The first kappa shape index (κ1) is 19.4. The standard InChI is InChI=1S/C28H21BrN2O/c29-22-11-5-4-9-19(22)28-27-21(15-18(16-25(27)32)17-7-2-1-3-8-17)26-20-10-6-14-30-23(20)12-13-24(26)31-28/h1-14,18,28,31H,15-16H2/t18-,28-/m1/s1. The van der Waals surface area contributed by atoms with E-state index in [4.69, 9.17) is 0 Å². The number of pyridine rings is 1. The van der Waals surface area contributed by atoms with E-state index in [0.717, 1.165) is 49.8 Å². The maximum absolute atomic E-state index is 13.7. The second-order valence-electron chi connectivity index (χ2n) is 8.49. The molecule has 0 fully saturated rings. The molecule has 32 heavy (non-hydrogen) atoms. The number of Topliss-reactive ketones (excluding diaryl/α,β-unsaturated/α-hetero) is 1. The molecule has 1 aromatic heterocycles. The van der Waals surface area contributed by atoms with Gasteiger partial charge in [0.05, 0.1) is 11.6 Å². The van der Waals surface area contributed by atoms with Gasteiger partial charge in [-0.05, 0) is 53.3 Å². The summed E-state index contributed by atoms with van der Waals surface area (Å²) in [5.74, 6) is 0.403. The summed E-state index contributed by atoms with van der Waals surface area (Å²) in [7, 11) is 0. The molecule has 4 heteroatoms. The first-order valence-electron chi connectivity index (χ1n) is 10.9. The smallest absolute Gasteiger partial charge is 0.162 e. The van der Waals surface area contributed by atoms with Crippen LogP contribution in [0.4, 0.5) is 5.69 Å². The Bertz CT molecular complexity index is 1390. The van der Waals surface area contributed by atoms with Gasteiger partial charge in [-0.25, -0.2) is 0 Å². The van der Waals surface area contributed by atoms with Crippen molar-refractivity contribution in [2.75, 3.05) is 5.32 Å². The highest BCUT2D eigenvalue weighted by Gasteiger charge is 2.38. The number of halogens is 1. The number of aromatic nitrogens is 1. The monoisotopic (exact) mass is 480 g/mol. The lowest BCUT2D eigenvalue weighted by atomic mass is 9.72. The van der Waals surface area contributed by atoms with E-state index in [2.05, 4.69) is 74.8 Å². The Morgan fingerprint density at radius 3 is 2.53 bits per heavy atom. The van der Waals surface area contributed by atoms with Crippen molar-refractivity contribution in [1.82, 2.24) is 4.98 Å². The molecule has 0 radical (unpaired) electrons. The molecule has 4 aromatic rings. The highest BCUT2D eigenvalue weighted by Crippen LogP contribution is 2.51. The van der Waals surface area contributed by atoms with E-state index in [0.29, 0.717) is 6.42 Å². The summed E-state index contributed by atoms with van der Waals surface area (Å²) >= 11 is 3.71. The molecule has 0 amide bonds. The van der Waals surface area contributed by atoms with Crippen molar-refractivity contribution in [3.63, 3.8) is 0 Å². The van der Waals surface area contributed by atoms with Crippen molar-refractivity contribution in [3.05, 3.63) is 112 Å². The van der Waals surface area contributed by atoms with E-state index < -0.39 is 0 Å². The molecule has 1 aliphatic heterocycles. The zero-order valence-corrected chi connectivity index (χ0v) is 19.0. The maximum atomic E-state index is 13.7. The molecule has 2 heterocycles. The number of hydrogen-bond acceptors (Lipinski definition) is 3. The number of ketones is 1. The second kappa shape index (κ2) is 7.72. The zero-order valence-electron chi connectivity index (χ0n) is 17.4. The molecule has 1 aliphatic carbocycles. The summed E-state index contributed by atoms with van der Waals surface area (Å²) < 4.78 is 1.01. The number of nitrogens with one attached hydrogen (secondary N) is 1. The van der Waals surface area contributed by atoms with Crippen LogP contribution in [0.5, 0.6) is 0 Å². The largest absolute Gasteiger partial charge is 0.373 e. The summed E-state index contributed by atoms with van der Waals surface area (Å²) in [5, 5.41) is 4.79. The van der Waals surface area contributed by atoms with E-state index >= 15 is 0 Å². The third-order valence-corrected chi connectivity index (χ3v) is 7.39. The Balaban J connectivity index is 1.60. The Morgan fingerprint density at radius 1 is 0.875 bits per heavy atom. The van der Waals surface area contributed by atoms with Crippen LogP contribution in [0.1, 0.15) is 41.5 Å². The number of hydrogen-bond donors (Lipinski definition) is 1. The molecule has 3 nitrogen and oxygen atoms in total. The minimum absolute atomic E-state index is 0.175. The summed E-state index contributed by atoms with van der Waals surface area (Å²) in [6.45, 7) is 0. The number of benzene rings is 3. The van der Waals surface area contributed by atoms with Crippen molar-refractivity contribution < 1.29 is 4.79 Å². The molecule has 156 valence electrons. The van der Waals surface area contributed by atoms with Gasteiger partial charge < -0.3 is 5.32 Å². The van der Waals surface area contributed by atoms with Gasteiger partial charge >= 0.3 is 0 Å². The normalized spacial score (nSPS) is 20.0. The average Bonchev–Trinajstić information content (AvgIpc) is 2.84. The predicted molar refractivity (Wildman–Crippen MR) is 133 cm³/mol. The molecule has 0 saturated heterocycles. The van der Waals surface area contributed by atoms with Crippen molar-refractivity contribution in [3.8, 4) is 0 Å². The third kappa shape index (κ3) is 3.09. The molecular weight excluding hydrogens is 460 g/mol. The van der Waals surface area contributed by atoms with Crippen molar-refractivity contribution >= 4 is 43.9 Å². The van der Waals surface area contributed by atoms with Gasteiger partial charge in [0.1, 0.15) is 0 Å². The number of anilines is 1. The van der Waals surface area contributed by atoms with Gasteiger partial charge in [0, 0.05) is 39.3 Å². The lowest BCUT2D eigenvalue weighted by Gasteiger charge is -2.37. The maximum Gasteiger partial charge on any atom is 0.162 e. The number of fused-ring (bicyclic) bond motifs is 4. The van der Waals surface area contributed by atoms with Crippen LogP contribution < -0.4 is 5.32 Å². The number of allylic oxidation sites excluding steroid dienone is 1. The Hall–Kier alpha value is -3.24. The first-order chi connectivity index (χ1) is 15.7. The first-order valence-corrected chi connectivity index (χ1v) is 11.7. The van der Waals surface area contributed by atoms with Crippen LogP contribution in [-0.2, 0) is 4.79 Å². The molecular formula is C28H21BrN2O. The number of carbonyl (C=O) groups is 1. The topological polar surface area (TPSA) is 42.0 Å². The lowest BCUT2D eigenvalue weighted by molar-refractivity contribution is -0.116. The van der Waals surface area contributed by atoms with Gasteiger partial charge in [0.2, 0.25) is 0 Å². The predicted octanol–water partition coefficient (Wildman–Crippen LogP) is 7.06. The minimum Gasteiger partial charge on any atom is -0.373 e. The van der Waals surface area contributed by atoms with Gasteiger partial charge in [-0.3, -0.25) is 9.78 Å². The second-order valence-corrected chi connectivity index (χ2v) is 9.34. The van der Waals surface area contributed by atoms with Crippen molar-refractivity contribution in [2.24, 2.45) is 0 Å². The van der Waals surface area contributed by atoms with Gasteiger partial charge in [-0.2, -0.15) is 0 Å². The highest BCUT2D eigenvalue weighted by molar-refractivity contribution is 9.10. The fourth-order valence-corrected chi connectivity index (χ4v) is 5.75. The summed E-state index contributed by atoms with van der Waals surface area (Å²) in [4.78, 5) is 18.3. The Morgan fingerprint density at radius 2 is 1.69 bits per heavy atom. The van der Waals surface area contributed by atoms with Gasteiger partial charge in [-0.15, -0.1) is 0 Å². The third-order valence-electron chi connectivity index (χ3n) is 6.67. The molecule has 1 N–H and O–H groups in total. The van der Waals surface area contributed by atoms with E-state index in [1.165, 1.54) is 5.56 Å². The van der Waals surface area contributed by atoms with E-state index in [9.17, 15) is 4.79 Å². The average molecular weight is 481 g/mol. The summed E-state index contributed by atoms with van der Waals surface area (Å²) in [6, 6.07) is 26.7. The van der Waals surface area contributed by atoms with Crippen LogP contribution in [0.3, 0.4) is 0 Å². The van der Waals surface area contributed by atoms with Crippen molar-refractivity contribution in [2.45, 2.75) is 24.8 Å². The van der Waals surface area contributed by atoms with Crippen LogP contribution in [0, 0.1) is 0 Å². The fraction of sp³-hybridized carbons (Fsp3) is 0.143. The number of nitrogens with zero attached hydrogens (tertiary/aromatic N) is 1. The number of rotatable bonds is 2. The van der Waals surface area contributed by atoms with Crippen LogP contribution in [0.25, 0.3) is 16.5 Å². The Kier molecular flexibility index (Phi) is 4.69. The molecule has 3 aromatic carbocycles. The minimum atomic E-state index is -0.175. The summed E-state index contributed by atoms with van der Waals surface area (Å²) in [5.41, 5.74) is 7.51.